The Bertz CT molecular complexity index is 1110. The Morgan fingerprint density at radius 1 is 0.906 bits per heavy atom. The van der Waals surface area contributed by atoms with E-state index in [0.29, 0.717) is 11.6 Å². The topological polar surface area (TPSA) is 53.6 Å². The number of nitrogens with one attached hydrogen (secondary N) is 2. The summed E-state index contributed by atoms with van der Waals surface area (Å²) in [5.74, 6) is 0.864. The van der Waals surface area contributed by atoms with Crippen molar-refractivity contribution in [3.8, 4) is 5.75 Å². The number of rotatable bonds is 5. The molecule has 4 atom stereocenters. The Labute approximate surface area is 200 Å². The molecule has 2 aliphatic rings. The number of hydrogen-bond donors (Lipinski definition) is 2. The van der Waals surface area contributed by atoms with Gasteiger partial charge < -0.3 is 9.64 Å². The summed E-state index contributed by atoms with van der Waals surface area (Å²) in [5.41, 5.74) is 9.69. The SMILES string of the molecule is CCOc1ccc(C2C3C(NNC3c3ccc(Br)cc3)C(=O)N2c2ccc(Cl)cc2)cc1. The van der Waals surface area contributed by atoms with Crippen molar-refractivity contribution in [1.29, 1.82) is 0 Å². The second kappa shape index (κ2) is 8.87. The number of halogens is 2. The molecule has 3 aromatic carbocycles. The molecule has 0 aliphatic carbocycles. The van der Waals surface area contributed by atoms with Crippen LogP contribution in [0.2, 0.25) is 5.02 Å². The fourth-order valence-corrected chi connectivity index (χ4v) is 5.17. The van der Waals surface area contributed by atoms with Gasteiger partial charge in [0.1, 0.15) is 11.8 Å². The highest BCUT2D eigenvalue weighted by molar-refractivity contribution is 9.10. The summed E-state index contributed by atoms with van der Waals surface area (Å²) in [5, 5.41) is 0.644. The van der Waals surface area contributed by atoms with Gasteiger partial charge in [0.25, 0.3) is 0 Å². The molecular weight excluding hydrogens is 490 g/mol. The van der Waals surface area contributed by atoms with E-state index in [4.69, 9.17) is 16.3 Å². The van der Waals surface area contributed by atoms with Crippen LogP contribution in [0.3, 0.4) is 0 Å². The molecule has 2 aliphatic heterocycles. The number of hydrazine groups is 1. The minimum Gasteiger partial charge on any atom is -0.494 e. The van der Waals surface area contributed by atoms with Crippen LogP contribution in [0.15, 0.2) is 77.3 Å². The van der Waals surface area contributed by atoms with Gasteiger partial charge in [0.05, 0.1) is 18.7 Å². The Morgan fingerprint density at radius 3 is 2.19 bits per heavy atom. The van der Waals surface area contributed by atoms with E-state index < -0.39 is 0 Å². The summed E-state index contributed by atoms with van der Waals surface area (Å²) in [6, 6.07) is 23.3. The maximum atomic E-state index is 13.6. The van der Waals surface area contributed by atoms with Gasteiger partial charge in [-0.2, -0.15) is 0 Å². The number of benzene rings is 3. The molecular formula is C25H23BrClN3O2. The van der Waals surface area contributed by atoms with Crippen molar-refractivity contribution in [2.45, 2.75) is 25.0 Å². The van der Waals surface area contributed by atoms with E-state index in [1.807, 2.05) is 60.4 Å². The summed E-state index contributed by atoms with van der Waals surface area (Å²) < 4.78 is 6.66. The smallest absolute Gasteiger partial charge is 0.246 e. The molecule has 2 saturated heterocycles. The molecule has 0 radical (unpaired) electrons. The van der Waals surface area contributed by atoms with E-state index in [9.17, 15) is 4.79 Å². The number of nitrogens with zero attached hydrogens (tertiary/aromatic N) is 1. The first kappa shape index (κ1) is 21.5. The number of ether oxygens (including phenoxy) is 1. The lowest BCUT2D eigenvalue weighted by molar-refractivity contribution is -0.119. The highest BCUT2D eigenvalue weighted by Gasteiger charge is 2.55. The van der Waals surface area contributed by atoms with E-state index >= 15 is 0 Å². The van der Waals surface area contributed by atoms with Gasteiger partial charge >= 0.3 is 0 Å². The fourth-order valence-electron chi connectivity index (χ4n) is 4.78. The molecule has 0 spiro atoms. The number of hydrogen-bond acceptors (Lipinski definition) is 4. The average molecular weight is 513 g/mol. The lowest BCUT2D eigenvalue weighted by atomic mass is 9.83. The first-order chi connectivity index (χ1) is 15.6. The van der Waals surface area contributed by atoms with Gasteiger partial charge in [-0.25, -0.2) is 10.9 Å². The van der Waals surface area contributed by atoms with Crippen molar-refractivity contribution in [2.75, 3.05) is 11.5 Å². The zero-order valence-electron chi connectivity index (χ0n) is 17.5. The standard InChI is InChI=1S/C25H23BrClN3O2/c1-2-32-20-13-5-16(6-14-20)24-21-22(15-3-7-17(26)8-4-15)28-29-23(21)25(31)30(24)19-11-9-18(27)10-12-19/h3-14,21-24,28-29H,2H2,1H3. The molecule has 3 aromatic rings. The fraction of sp³-hybridized carbons (Fsp3) is 0.240. The Hall–Kier alpha value is -2.38. The van der Waals surface area contributed by atoms with E-state index in [0.717, 1.165) is 27.0 Å². The largest absolute Gasteiger partial charge is 0.494 e. The summed E-state index contributed by atoms with van der Waals surface area (Å²) in [6.07, 6.45) is 0. The highest BCUT2D eigenvalue weighted by atomic mass is 79.9. The molecule has 2 fully saturated rings. The van der Waals surface area contributed by atoms with Crippen LogP contribution >= 0.6 is 27.5 Å². The van der Waals surface area contributed by atoms with Crippen LogP contribution in [-0.4, -0.2) is 18.6 Å². The van der Waals surface area contributed by atoms with Crippen LogP contribution in [0.1, 0.15) is 30.1 Å². The molecule has 0 saturated carbocycles. The average Bonchev–Trinajstić information content (AvgIpc) is 3.35. The van der Waals surface area contributed by atoms with Gasteiger partial charge in [0, 0.05) is 21.1 Å². The van der Waals surface area contributed by atoms with Gasteiger partial charge in [-0.05, 0) is 66.6 Å². The molecule has 2 N–H and O–H groups in total. The quantitative estimate of drug-likeness (QED) is 0.479. The van der Waals surface area contributed by atoms with Crippen LogP contribution in [0.4, 0.5) is 5.69 Å². The predicted octanol–water partition coefficient (Wildman–Crippen LogP) is 5.42. The molecule has 0 bridgehead atoms. The molecule has 5 rings (SSSR count). The molecule has 164 valence electrons. The first-order valence-corrected chi connectivity index (χ1v) is 11.8. The normalized spacial score (nSPS) is 24.6. The molecule has 5 nitrogen and oxygen atoms in total. The third-order valence-electron chi connectivity index (χ3n) is 6.18. The van der Waals surface area contributed by atoms with Crippen molar-refractivity contribution in [3.05, 3.63) is 93.4 Å². The first-order valence-electron chi connectivity index (χ1n) is 10.6. The van der Waals surface area contributed by atoms with Gasteiger partial charge in [-0.15, -0.1) is 0 Å². The number of carbonyl (C=O) groups is 1. The van der Waals surface area contributed by atoms with Crippen LogP contribution < -0.4 is 20.5 Å². The summed E-state index contributed by atoms with van der Waals surface area (Å²) in [7, 11) is 0. The van der Waals surface area contributed by atoms with Gasteiger partial charge in [-0.1, -0.05) is 51.8 Å². The minimum atomic E-state index is -0.337. The molecule has 4 unspecified atom stereocenters. The van der Waals surface area contributed by atoms with Crippen molar-refractivity contribution in [3.63, 3.8) is 0 Å². The zero-order chi connectivity index (χ0) is 22.2. The highest BCUT2D eigenvalue weighted by Crippen LogP contribution is 2.49. The van der Waals surface area contributed by atoms with E-state index in [-0.39, 0.29) is 30.0 Å². The van der Waals surface area contributed by atoms with Gasteiger partial charge in [0.15, 0.2) is 0 Å². The van der Waals surface area contributed by atoms with Crippen molar-refractivity contribution in [2.24, 2.45) is 5.92 Å². The van der Waals surface area contributed by atoms with E-state index in [2.05, 4.69) is 51.0 Å². The number of fused-ring (bicyclic) bond motifs is 1. The number of amides is 1. The van der Waals surface area contributed by atoms with Gasteiger partial charge in [0.2, 0.25) is 5.91 Å². The molecule has 7 heteroatoms. The van der Waals surface area contributed by atoms with Crippen LogP contribution in [-0.2, 0) is 4.79 Å². The van der Waals surface area contributed by atoms with Crippen molar-refractivity contribution in [1.82, 2.24) is 10.9 Å². The van der Waals surface area contributed by atoms with Crippen molar-refractivity contribution < 1.29 is 9.53 Å². The Kier molecular flexibility index (Phi) is 5.95. The number of carbonyl (C=O) groups excluding carboxylic acids is 1. The molecule has 0 aromatic heterocycles. The monoisotopic (exact) mass is 511 g/mol. The zero-order valence-corrected chi connectivity index (χ0v) is 19.8. The lowest BCUT2D eigenvalue weighted by Crippen LogP contribution is -2.41. The van der Waals surface area contributed by atoms with Crippen LogP contribution in [0, 0.1) is 5.92 Å². The summed E-state index contributed by atoms with van der Waals surface area (Å²) in [6.45, 7) is 2.58. The van der Waals surface area contributed by atoms with Crippen LogP contribution in [0.25, 0.3) is 0 Å². The van der Waals surface area contributed by atoms with E-state index in [1.165, 1.54) is 0 Å². The van der Waals surface area contributed by atoms with Crippen LogP contribution in [0.5, 0.6) is 5.75 Å². The molecule has 32 heavy (non-hydrogen) atoms. The second-order valence-electron chi connectivity index (χ2n) is 8.00. The Morgan fingerprint density at radius 2 is 1.53 bits per heavy atom. The third kappa shape index (κ3) is 3.82. The van der Waals surface area contributed by atoms with E-state index in [1.54, 1.807) is 0 Å². The summed E-state index contributed by atoms with van der Waals surface area (Å²) >= 11 is 9.64. The number of anilines is 1. The predicted molar refractivity (Wildman–Crippen MR) is 130 cm³/mol. The minimum absolute atomic E-state index is 0.00250. The molecule has 2 heterocycles. The maximum absolute atomic E-state index is 13.6. The van der Waals surface area contributed by atoms with Crippen molar-refractivity contribution >= 4 is 39.1 Å². The lowest BCUT2D eigenvalue weighted by Gasteiger charge is -2.31. The Balaban J connectivity index is 1.59. The summed E-state index contributed by atoms with van der Waals surface area (Å²) in [4.78, 5) is 15.5. The van der Waals surface area contributed by atoms with Gasteiger partial charge in [-0.3, -0.25) is 4.79 Å². The maximum Gasteiger partial charge on any atom is 0.246 e. The second-order valence-corrected chi connectivity index (χ2v) is 9.36. The molecule has 1 amide bonds. The third-order valence-corrected chi connectivity index (χ3v) is 6.96.